The molecule has 1 saturated carbocycles. The van der Waals surface area contributed by atoms with E-state index < -0.39 is 10.0 Å². The topological polar surface area (TPSA) is 58.2 Å². The van der Waals surface area contributed by atoms with Crippen molar-refractivity contribution in [3.8, 4) is 0 Å². The van der Waals surface area contributed by atoms with Gasteiger partial charge in [-0.25, -0.2) is 13.1 Å². The van der Waals surface area contributed by atoms with Crippen molar-refractivity contribution in [2.45, 2.75) is 50.1 Å². The van der Waals surface area contributed by atoms with Crippen LogP contribution in [0.1, 0.15) is 33.6 Å². The highest BCUT2D eigenvalue weighted by molar-refractivity contribution is 7.89. The number of hydrogen-bond acceptors (Lipinski definition) is 3. The molecule has 0 spiro atoms. The normalized spacial score (nSPS) is 17.8. The van der Waals surface area contributed by atoms with E-state index in [4.69, 9.17) is 0 Å². The summed E-state index contributed by atoms with van der Waals surface area (Å²) in [7, 11) is -3.38. The Morgan fingerprint density at radius 2 is 1.72 bits per heavy atom. The summed E-state index contributed by atoms with van der Waals surface area (Å²) in [5.74, 6) is 0. The summed E-state index contributed by atoms with van der Waals surface area (Å²) in [6.07, 6.45) is 2.34. The van der Waals surface area contributed by atoms with Crippen molar-refractivity contribution < 1.29 is 8.42 Å². The molecule has 0 heterocycles. The predicted molar refractivity (Wildman–Crippen MR) is 73.2 cm³/mol. The van der Waals surface area contributed by atoms with Crippen LogP contribution < -0.4 is 10.0 Å². The third-order valence-corrected chi connectivity index (χ3v) is 4.68. The zero-order valence-corrected chi connectivity index (χ0v) is 11.8. The van der Waals surface area contributed by atoms with E-state index in [9.17, 15) is 8.42 Å². The lowest BCUT2D eigenvalue weighted by Crippen LogP contribution is -2.30. The molecule has 1 aliphatic rings. The second-order valence-corrected chi connectivity index (χ2v) is 7.20. The Morgan fingerprint density at radius 1 is 1.17 bits per heavy atom. The highest BCUT2D eigenvalue weighted by Gasteiger charge is 2.36. The van der Waals surface area contributed by atoms with Gasteiger partial charge in [-0.1, -0.05) is 0 Å². The van der Waals surface area contributed by atoms with Gasteiger partial charge in [-0.2, -0.15) is 0 Å². The Hall–Kier alpha value is -1.07. The zero-order valence-electron chi connectivity index (χ0n) is 11.0. The molecule has 4 nitrogen and oxygen atoms in total. The van der Waals surface area contributed by atoms with Gasteiger partial charge in [0, 0.05) is 17.3 Å². The van der Waals surface area contributed by atoms with Crippen molar-refractivity contribution in [2.24, 2.45) is 0 Å². The van der Waals surface area contributed by atoms with E-state index in [-0.39, 0.29) is 11.6 Å². The summed E-state index contributed by atoms with van der Waals surface area (Å²) in [6, 6.07) is 6.81. The molecule has 0 bridgehead atoms. The Morgan fingerprint density at radius 3 is 2.17 bits per heavy atom. The molecule has 1 fully saturated rings. The van der Waals surface area contributed by atoms with Gasteiger partial charge in [-0.15, -0.1) is 0 Å². The Labute approximate surface area is 109 Å². The summed E-state index contributed by atoms with van der Waals surface area (Å²) >= 11 is 0. The third kappa shape index (κ3) is 3.23. The Kier molecular flexibility index (Phi) is 3.38. The number of anilines is 1. The molecule has 2 N–H and O–H groups in total. The largest absolute Gasteiger partial charge is 0.380 e. The lowest BCUT2D eigenvalue weighted by Gasteiger charge is -2.14. The van der Waals surface area contributed by atoms with E-state index in [1.54, 1.807) is 26.0 Å². The molecule has 100 valence electrons. The predicted octanol–water partition coefficient (Wildman–Crippen LogP) is 2.34. The molecular weight excluding hydrogens is 248 g/mol. The van der Waals surface area contributed by atoms with Crippen LogP contribution in [-0.4, -0.2) is 20.0 Å². The molecule has 1 aliphatic carbocycles. The van der Waals surface area contributed by atoms with Crippen LogP contribution in [0.2, 0.25) is 0 Å². The van der Waals surface area contributed by atoms with Crippen molar-refractivity contribution in [3.63, 3.8) is 0 Å². The maximum Gasteiger partial charge on any atom is 0.240 e. The molecule has 2 rings (SSSR count). The maximum absolute atomic E-state index is 11.9. The van der Waals surface area contributed by atoms with Gasteiger partial charge in [-0.3, -0.25) is 0 Å². The first-order chi connectivity index (χ1) is 8.31. The summed E-state index contributed by atoms with van der Waals surface area (Å²) in [4.78, 5) is 0.308. The van der Waals surface area contributed by atoms with Gasteiger partial charge < -0.3 is 5.32 Å². The molecule has 1 aromatic carbocycles. The van der Waals surface area contributed by atoms with E-state index in [0.717, 1.165) is 5.69 Å². The summed E-state index contributed by atoms with van der Waals surface area (Å²) in [5, 5.41) is 3.40. The van der Waals surface area contributed by atoms with E-state index in [2.05, 4.69) is 17.0 Å². The minimum absolute atomic E-state index is 0.0989. The lowest BCUT2D eigenvalue weighted by atomic mass is 10.2. The molecule has 5 heteroatoms. The van der Waals surface area contributed by atoms with Gasteiger partial charge in [0.25, 0.3) is 0 Å². The minimum Gasteiger partial charge on any atom is -0.380 e. The van der Waals surface area contributed by atoms with Gasteiger partial charge in [0.2, 0.25) is 10.0 Å². The van der Waals surface area contributed by atoms with Gasteiger partial charge in [0.15, 0.2) is 0 Å². The second-order valence-electron chi connectivity index (χ2n) is 5.49. The minimum atomic E-state index is -3.38. The smallest absolute Gasteiger partial charge is 0.240 e. The van der Waals surface area contributed by atoms with Crippen LogP contribution in [0.4, 0.5) is 5.69 Å². The molecular formula is C13H20N2O2S. The number of nitrogens with one attached hydrogen (secondary N) is 2. The van der Waals surface area contributed by atoms with Crippen molar-refractivity contribution >= 4 is 15.7 Å². The molecule has 0 atom stereocenters. The highest BCUT2D eigenvalue weighted by Crippen LogP contribution is 2.38. The van der Waals surface area contributed by atoms with Crippen molar-refractivity contribution in [1.29, 1.82) is 0 Å². The number of sulfonamides is 1. The van der Waals surface area contributed by atoms with Gasteiger partial charge in [0.1, 0.15) is 0 Å². The summed E-state index contributed by atoms with van der Waals surface area (Å²) < 4.78 is 26.4. The fourth-order valence-corrected chi connectivity index (χ4v) is 3.01. The first kappa shape index (κ1) is 13.4. The fourth-order valence-electron chi connectivity index (χ4n) is 1.76. The second kappa shape index (κ2) is 4.55. The molecule has 18 heavy (non-hydrogen) atoms. The number of rotatable bonds is 5. The van der Waals surface area contributed by atoms with Crippen LogP contribution in [0.25, 0.3) is 0 Å². The lowest BCUT2D eigenvalue weighted by molar-refractivity contribution is 0.570. The van der Waals surface area contributed by atoms with Crippen molar-refractivity contribution in [3.05, 3.63) is 24.3 Å². The number of benzene rings is 1. The molecule has 0 radical (unpaired) electrons. The third-order valence-electron chi connectivity index (χ3n) is 3.00. The molecule has 0 saturated heterocycles. The Bertz CT molecular complexity index is 516. The van der Waals surface area contributed by atoms with Gasteiger partial charge >= 0.3 is 0 Å². The van der Waals surface area contributed by atoms with Crippen molar-refractivity contribution in [2.75, 3.05) is 5.32 Å². The zero-order chi connectivity index (χ0) is 13.4. The quantitative estimate of drug-likeness (QED) is 0.861. The SMILES string of the molecule is CC(C)NS(=O)(=O)c1ccc(NC2(C)CC2)cc1. The van der Waals surface area contributed by atoms with Crippen LogP contribution in [0, 0.1) is 0 Å². The standard InChI is InChI=1S/C13H20N2O2S/c1-10(2)15-18(16,17)12-6-4-11(5-7-12)14-13(3)8-9-13/h4-7,10,14-15H,8-9H2,1-3H3. The van der Waals surface area contributed by atoms with Crippen molar-refractivity contribution in [1.82, 2.24) is 4.72 Å². The van der Waals surface area contributed by atoms with Gasteiger partial charge in [-0.05, 0) is 57.9 Å². The van der Waals surface area contributed by atoms with E-state index >= 15 is 0 Å². The molecule has 1 aromatic rings. The molecule has 0 aromatic heterocycles. The van der Waals surface area contributed by atoms with Gasteiger partial charge in [0.05, 0.1) is 4.90 Å². The van der Waals surface area contributed by atoms with E-state index in [0.29, 0.717) is 4.90 Å². The van der Waals surface area contributed by atoms with Crippen LogP contribution in [0.15, 0.2) is 29.2 Å². The highest BCUT2D eigenvalue weighted by atomic mass is 32.2. The summed E-state index contributed by atoms with van der Waals surface area (Å²) in [6.45, 7) is 5.78. The first-order valence-electron chi connectivity index (χ1n) is 6.21. The average Bonchev–Trinajstić information content (AvgIpc) is 2.95. The maximum atomic E-state index is 11.9. The number of hydrogen-bond donors (Lipinski definition) is 2. The van der Waals surface area contributed by atoms with E-state index in [1.165, 1.54) is 12.8 Å². The van der Waals surface area contributed by atoms with Crippen LogP contribution in [0.5, 0.6) is 0 Å². The first-order valence-corrected chi connectivity index (χ1v) is 7.70. The average molecular weight is 268 g/mol. The van der Waals surface area contributed by atoms with Crippen LogP contribution >= 0.6 is 0 Å². The summed E-state index contributed by atoms with van der Waals surface area (Å²) in [5.41, 5.74) is 1.18. The Balaban J connectivity index is 2.12. The molecule has 0 aliphatic heterocycles. The fraction of sp³-hybridized carbons (Fsp3) is 0.538. The van der Waals surface area contributed by atoms with E-state index in [1.807, 2.05) is 12.1 Å². The molecule has 0 unspecified atom stereocenters. The van der Waals surface area contributed by atoms with Crippen LogP contribution in [0.3, 0.4) is 0 Å². The molecule has 0 amide bonds. The van der Waals surface area contributed by atoms with Crippen LogP contribution in [-0.2, 0) is 10.0 Å². The monoisotopic (exact) mass is 268 g/mol.